The van der Waals surface area contributed by atoms with E-state index in [4.69, 9.17) is 4.74 Å². The monoisotopic (exact) mass is 213 g/mol. The topological polar surface area (TPSA) is 21.3 Å². The lowest BCUT2D eigenvalue weighted by Gasteiger charge is -2.31. The van der Waals surface area contributed by atoms with Gasteiger partial charge in [-0.2, -0.15) is 0 Å². The standard InChI is InChI=1S/C13H27NO/c1-11-5-7-12(8-6-11)9-14-13(2,3)10-15-4/h11-12,14H,5-10H2,1-4H3. The van der Waals surface area contributed by atoms with E-state index in [0.717, 1.165) is 25.0 Å². The highest BCUT2D eigenvalue weighted by Crippen LogP contribution is 2.27. The minimum Gasteiger partial charge on any atom is -0.383 e. The van der Waals surface area contributed by atoms with Gasteiger partial charge in [0.25, 0.3) is 0 Å². The Bertz CT molecular complexity index is 171. The first-order valence-corrected chi connectivity index (χ1v) is 6.27. The SMILES string of the molecule is COCC(C)(C)NCC1CCC(C)CC1. The second-order valence-corrected chi connectivity index (χ2v) is 5.82. The van der Waals surface area contributed by atoms with E-state index in [-0.39, 0.29) is 5.54 Å². The number of hydrogen-bond donors (Lipinski definition) is 1. The van der Waals surface area contributed by atoms with Crippen LogP contribution in [0.25, 0.3) is 0 Å². The molecule has 0 heterocycles. The summed E-state index contributed by atoms with van der Waals surface area (Å²) in [5, 5.41) is 3.62. The Morgan fingerprint density at radius 3 is 2.33 bits per heavy atom. The molecule has 15 heavy (non-hydrogen) atoms. The zero-order valence-corrected chi connectivity index (χ0v) is 10.8. The van der Waals surface area contributed by atoms with Gasteiger partial charge in [-0.15, -0.1) is 0 Å². The Hall–Kier alpha value is -0.0800. The van der Waals surface area contributed by atoms with Gasteiger partial charge in [0.2, 0.25) is 0 Å². The molecule has 1 fully saturated rings. The van der Waals surface area contributed by atoms with E-state index in [2.05, 4.69) is 26.1 Å². The highest BCUT2D eigenvalue weighted by atomic mass is 16.5. The van der Waals surface area contributed by atoms with Crippen molar-refractivity contribution in [3.05, 3.63) is 0 Å². The molecule has 0 aromatic carbocycles. The van der Waals surface area contributed by atoms with Crippen molar-refractivity contribution in [1.29, 1.82) is 0 Å². The second kappa shape index (κ2) is 5.86. The molecule has 0 aromatic rings. The van der Waals surface area contributed by atoms with Crippen LogP contribution < -0.4 is 5.32 Å². The van der Waals surface area contributed by atoms with Crippen LogP contribution in [0.3, 0.4) is 0 Å². The summed E-state index contributed by atoms with van der Waals surface area (Å²) >= 11 is 0. The van der Waals surface area contributed by atoms with Crippen LogP contribution in [0.5, 0.6) is 0 Å². The fraction of sp³-hybridized carbons (Fsp3) is 1.00. The van der Waals surface area contributed by atoms with Crippen LogP contribution in [-0.4, -0.2) is 25.8 Å². The zero-order valence-electron chi connectivity index (χ0n) is 10.8. The maximum atomic E-state index is 5.20. The molecule has 1 rings (SSSR count). The van der Waals surface area contributed by atoms with Gasteiger partial charge in [0.15, 0.2) is 0 Å². The maximum absolute atomic E-state index is 5.20. The van der Waals surface area contributed by atoms with Crippen molar-refractivity contribution in [3.8, 4) is 0 Å². The third-order valence-corrected chi connectivity index (χ3v) is 3.51. The molecular formula is C13H27NO. The summed E-state index contributed by atoms with van der Waals surface area (Å²) in [5.41, 5.74) is 0.123. The minimum atomic E-state index is 0.123. The fourth-order valence-corrected chi connectivity index (χ4v) is 2.37. The van der Waals surface area contributed by atoms with Crippen molar-refractivity contribution in [2.75, 3.05) is 20.3 Å². The summed E-state index contributed by atoms with van der Waals surface area (Å²) in [6, 6.07) is 0. The van der Waals surface area contributed by atoms with E-state index < -0.39 is 0 Å². The molecule has 0 bridgehead atoms. The summed E-state index contributed by atoms with van der Waals surface area (Å²) in [6.07, 6.45) is 5.63. The largest absolute Gasteiger partial charge is 0.383 e. The summed E-state index contributed by atoms with van der Waals surface area (Å²) in [4.78, 5) is 0. The van der Waals surface area contributed by atoms with Gasteiger partial charge in [0.05, 0.1) is 6.61 Å². The summed E-state index contributed by atoms with van der Waals surface area (Å²) in [6.45, 7) is 8.74. The third kappa shape index (κ3) is 4.98. The molecule has 1 saturated carbocycles. The molecule has 0 atom stereocenters. The average molecular weight is 213 g/mol. The van der Waals surface area contributed by atoms with E-state index in [1.807, 2.05) is 0 Å². The van der Waals surface area contributed by atoms with Crippen LogP contribution in [0.1, 0.15) is 46.5 Å². The summed E-state index contributed by atoms with van der Waals surface area (Å²) in [7, 11) is 1.77. The molecule has 1 aliphatic rings. The zero-order chi connectivity index (χ0) is 11.3. The number of ether oxygens (including phenoxy) is 1. The first-order chi connectivity index (χ1) is 7.03. The van der Waals surface area contributed by atoms with Crippen LogP contribution in [0.15, 0.2) is 0 Å². The van der Waals surface area contributed by atoms with E-state index in [9.17, 15) is 0 Å². The van der Waals surface area contributed by atoms with Crippen molar-refractivity contribution < 1.29 is 4.74 Å². The first kappa shape index (κ1) is 13.0. The van der Waals surface area contributed by atoms with Crippen molar-refractivity contribution >= 4 is 0 Å². The maximum Gasteiger partial charge on any atom is 0.0639 e. The molecule has 0 aromatic heterocycles. The highest BCUT2D eigenvalue weighted by Gasteiger charge is 2.22. The quantitative estimate of drug-likeness (QED) is 0.758. The fourth-order valence-electron chi connectivity index (χ4n) is 2.37. The number of nitrogens with one attached hydrogen (secondary N) is 1. The predicted octanol–water partition coefficient (Wildman–Crippen LogP) is 2.83. The summed E-state index contributed by atoms with van der Waals surface area (Å²) < 4.78 is 5.20. The van der Waals surface area contributed by atoms with Gasteiger partial charge in [-0.3, -0.25) is 0 Å². The van der Waals surface area contributed by atoms with E-state index >= 15 is 0 Å². The molecule has 90 valence electrons. The first-order valence-electron chi connectivity index (χ1n) is 6.27. The third-order valence-electron chi connectivity index (χ3n) is 3.51. The van der Waals surface area contributed by atoms with E-state index in [1.54, 1.807) is 7.11 Å². The van der Waals surface area contributed by atoms with Crippen molar-refractivity contribution in [2.45, 2.75) is 52.0 Å². The normalized spacial score (nSPS) is 28.0. The van der Waals surface area contributed by atoms with Gasteiger partial charge < -0.3 is 10.1 Å². The summed E-state index contributed by atoms with van der Waals surface area (Å²) in [5.74, 6) is 1.84. The van der Waals surface area contributed by atoms with Gasteiger partial charge in [-0.05, 0) is 45.1 Å². The Labute approximate surface area is 94.8 Å². The Morgan fingerprint density at radius 2 is 1.80 bits per heavy atom. The van der Waals surface area contributed by atoms with Gasteiger partial charge in [-0.1, -0.05) is 19.8 Å². The van der Waals surface area contributed by atoms with E-state index in [1.165, 1.54) is 25.7 Å². The molecule has 0 spiro atoms. The van der Waals surface area contributed by atoms with Gasteiger partial charge >= 0.3 is 0 Å². The molecule has 1 N–H and O–H groups in total. The Kier molecular flexibility index (Phi) is 5.07. The highest BCUT2D eigenvalue weighted by molar-refractivity contribution is 4.80. The molecule has 0 aliphatic heterocycles. The molecule has 2 heteroatoms. The van der Waals surface area contributed by atoms with Gasteiger partial charge in [-0.25, -0.2) is 0 Å². The van der Waals surface area contributed by atoms with Crippen LogP contribution in [0.2, 0.25) is 0 Å². The molecule has 0 saturated heterocycles. The Morgan fingerprint density at radius 1 is 1.20 bits per heavy atom. The molecular weight excluding hydrogens is 186 g/mol. The van der Waals surface area contributed by atoms with Crippen molar-refractivity contribution in [3.63, 3.8) is 0 Å². The lowest BCUT2D eigenvalue weighted by Crippen LogP contribution is -2.45. The second-order valence-electron chi connectivity index (χ2n) is 5.82. The smallest absolute Gasteiger partial charge is 0.0639 e. The molecule has 0 amide bonds. The minimum absolute atomic E-state index is 0.123. The molecule has 1 aliphatic carbocycles. The van der Waals surface area contributed by atoms with Crippen molar-refractivity contribution in [1.82, 2.24) is 5.32 Å². The lowest BCUT2D eigenvalue weighted by molar-refractivity contribution is 0.122. The van der Waals surface area contributed by atoms with Crippen LogP contribution >= 0.6 is 0 Å². The number of methoxy groups -OCH3 is 1. The van der Waals surface area contributed by atoms with Crippen LogP contribution in [-0.2, 0) is 4.74 Å². The Balaban J connectivity index is 2.19. The van der Waals surface area contributed by atoms with Crippen molar-refractivity contribution in [2.24, 2.45) is 11.8 Å². The van der Waals surface area contributed by atoms with Crippen LogP contribution in [0.4, 0.5) is 0 Å². The molecule has 2 nitrogen and oxygen atoms in total. The van der Waals surface area contributed by atoms with E-state index in [0.29, 0.717) is 0 Å². The average Bonchev–Trinajstić information content (AvgIpc) is 2.17. The van der Waals surface area contributed by atoms with Gasteiger partial charge in [0.1, 0.15) is 0 Å². The number of hydrogen-bond acceptors (Lipinski definition) is 2. The van der Waals surface area contributed by atoms with Gasteiger partial charge in [0, 0.05) is 12.6 Å². The predicted molar refractivity (Wildman–Crippen MR) is 65.1 cm³/mol. The number of rotatable bonds is 5. The van der Waals surface area contributed by atoms with Crippen LogP contribution in [0, 0.1) is 11.8 Å². The lowest BCUT2D eigenvalue weighted by atomic mass is 9.83. The molecule has 0 radical (unpaired) electrons. The molecule has 0 unspecified atom stereocenters.